The van der Waals surface area contributed by atoms with Crippen LogP contribution in [0.3, 0.4) is 0 Å². The number of phenols is 1. The van der Waals surface area contributed by atoms with Crippen molar-refractivity contribution in [2.24, 2.45) is 5.73 Å². The number of nitrogens with two attached hydrogens (primary N) is 1. The summed E-state index contributed by atoms with van der Waals surface area (Å²) in [6.45, 7) is 0.0826. The summed E-state index contributed by atoms with van der Waals surface area (Å²) in [4.78, 5) is 8.15. The SMILES string of the molecule is NCOc1cnc(-c2ccccc2O)nc1. The van der Waals surface area contributed by atoms with Crippen LogP contribution in [0.15, 0.2) is 36.7 Å². The van der Waals surface area contributed by atoms with Crippen LogP contribution < -0.4 is 10.5 Å². The van der Waals surface area contributed by atoms with Crippen molar-refractivity contribution < 1.29 is 9.84 Å². The molecule has 0 fully saturated rings. The maximum Gasteiger partial charge on any atom is 0.163 e. The molecule has 2 aromatic rings. The topological polar surface area (TPSA) is 81.3 Å². The highest BCUT2D eigenvalue weighted by Crippen LogP contribution is 2.25. The van der Waals surface area contributed by atoms with Gasteiger partial charge in [0.1, 0.15) is 12.5 Å². The second-order valence-corrected chi connectivity index (χ2v) is 3.07. The molecule has 0 bridgehead atoms. The summed E-state index contributed by atoms with van der Waals surface area (Å²) in [7, 11) is 0. The molecule has 0 aliphatic rings. The minimum atomic E-state index is 0.0826. The van der Waals surface area contributed by atoms with Gasteiger partial charge in [-0.15, -0.1) is 0 Å². The Labute approximate surface area is 92.5 Å². The lowest BCUT2D eigenvalue weighted by Crippen LogP contribution is -2.07. The van der Waals surface area contributed by atoms with Crippen LogP contribution in [0.1, 0.15) is 0 Å². The third kappa shape index (κ3) is 2.09. The van der Waals surface area contributed by atoms with Crippen LogP contribution in [-0.2, 0) is 0 Å². The molecule has 0 atom stereocenters. The minimum absolute atomic E-state index is 0.0826. The molecule has 1 aromatic heterocycles. The summed E-state index contributed by atoms with van der Waals surface area (Å²) < 4.78 is 5.02. The van der Waals surface area contributed by atoms with Crippen LogP contribution in [0, 0.1) is 0 Å². The molecule has 2 rings (SSSR count). The van der Waals surface area contributed by atoms with Crippen molar-refractivity contribution in [3.8, 4) is 22.9 Å². The molecule has 16 heavy (non-hydrogen) atoms. The van der Waals surface area contributed by atoms with Gasteiger partial charge in [-0.3, -0.25) is 5.73 Å². The summed E-state index contributed by atoms with van der Waals surface area (Å²) in [6, 6.07) is 6.88. The number of rotatable bonds is 3. The van der Waals surface area contributed by atoms with E-state index in [1.165, 1.54) is 12.4 Å². The van der Waals surface area contributed by atoms with E-state index in [4.69, 9.17) is 10.5 Å². The van der Waals surface area contributed by atoms with E-state index in [0.29, 0.717) is 17.1 Å². The third-order valence-corrected chi connectivity index (χ3v) is 2.02. The number of hydrogen-bond donors (Lipinski definition) is 2. The Kier molecular flexibility index (Phi) is 2.98. The first-order valence-corrected chi connectivity index (χ1v) is 4.74. The fourth-order valence-corrected chi connectivity index (χ4v) is 1.29. The summed E-state index contributed by atoms with van der Waals surface area (Å²) in [5.41, 5.74) is 5.80. The lowest BCUT2D eigenvalue weighted by molar-refractivity contribution is 0.327. The molecule has 0 radical (unpaired) electrons. The number of ether oxygens (including phenoxy) is 1. The van der Waals surface area contributed by atoms with Gasteiger partial charge in [0, 0.05) is 0 Å². The second kappa shape index (κ2) is 4.59. The fourth-order valence-electron chi connectivity index (χ4n) is 1.29. The lowest BCUT2D eigenvalue weighted by atomic mass is 10.2. The standard InChI is InChI=1S/C11H11N3O2/c12-7-16-8-5-13-11(14-6-8)9-3-1-2-4-10(9)15/h1-6,15H,7,12H2. The van der Waals surface area contributed by atoms with Crippen molar-refractivity contribution in [1.29, 1.82) is 0 Å². The quantitative estimate of drug-likeness (QED) is 0.753. The van der Waals surface area contributed by atoms with Gasteiger partial charge in [0.15, 0.2) is 11.6 Å². The van der Waals surface area contributed by atoms with Gasteiger partial charge in [0.2, 0.25) is 0 Å². The second-order valence-electron chi connectivity index (χ2n) is 3.07. The zero-order valence-electron chi connectivity index (χ0n) is 8.50. The Morgan fingerprint density at radius 3 is 2.50 bits per heavy atom. The largest absolute Gasteiger partial charge is 0.507 e. The Morgan fingerprint density at radius 1 is 1.19 bits per heavy atom. The summed E-state index contributed by atoms with van der Waals surface area (Å²) in [6.07, 6.45) is 3.03. The van der Waals surface area contributed by atoms with Crippen molar-refractivity contribution in [3.63, 3.8) is 0 Å². The highest BCUT2D eigenvalue weighted by Gasteiger charge is 2.05. The average Bonchev–Trinajstić information content (AvgIpc) is 2.31. The number of para-hydroxylation sites is 1. The van der Waals surface area contributed by atoms with Crippen LogP contribution in [0.2, 0.25) is 0 Å². The molecule has 0 spiro atoms. The molecule has 5 nitrogen and oxygen atoms in total. The van der Waals surface area contributed by atoms with Gasteiger partial charge >= 0.3 is 0 Å². The van der Waals surface area contributed by atoms with E-state index < -0.39 is 0 Å². The van der Waals surface area contributed by atoms with E-state index in [9.17, 15) is 5.11 Å². The molecule has 5 heteroatoms. The predicted molar refractivity (Wildman–Crippen MR) is 58.8 cm³/mol. The molecule has 0 aliphatic carbocycles. The number of phenolic OH excluding ortho intramolecular Hbond substituents is 1. The van der Waals surface area contributed by atoms with Crippen molar-refractivity contribution in [1.82, 2.24) is 9.97 Å². The molecule has 0 saturated heterocycles. The van der Waals surface area contributed by atoms with Gasteiger partial charge < -0.3 is 9.84 Å². The molecule has 0 unspecified atom stereocenters. The van der Waals surface area contributed by atoms with E-state index in [0.717, 1.165) is 0 Å². The zero-order chi connectivity index (χ0) is 11.4. The molecule has 1 aromatic carbocycles. The van der Waals surface area contributed by atoms with E-state index in [1.54, 1.807) is 18.2 Å². The monoisotopic (exact) mass is 217 g/mol. The van der Waals surface area contributed by atoms with E-state index >= 15 is 0 Å². The molecule has 0 saturated carbocycles. The third-order valence-electron chi connectivity index (χ3n) is 2.02. The Morgan fingerprint density at radius 2 is 1.88 bits per heavy atom. The van der Waals surface area contributed by atoms with Crippen molar-refractivity contribution in [2.75, 3.05) is 6.73 Å². The Hall–Kier alpha value is -2.14. The van der Waals surface area contributed by atoms with Crippen LogP contribution >= 0.6 is 0 Å². The number of benzene rings is 1. The maximum absolute atomic E-state index is 9.61. The summed E-state index contributed by atoms with van der Waals surface area (Å²) in [5.74, 6) is 1.10. The Balaban J connectivity index is 2.31. The highest BCUT2D eigenvalue weighted by atomic mass is 16.5. The summed E-state index contributed by atoms with van der Waals surface area (Å²) in [5, 5.41) is 9.61. The molecule has 82 valence electrons. The molecule has 3 N–H and O–H groups in total. The van der Waals surface area contributed by atoms with Crippen molar-refractivity contribution >= 4 is 0 Å². The van der Waals surface area contributed by atoms with Crippen LogP contribution in [0.4, 0.5) is 0 Å². The average molecular weight is 217 g/mol. The normalized spacial score (nSPS) is 10.1. The van der Waals surface area contributed by atoms with Gasteiger partial charge in [-0.05, 0) is 12.1 Å². The molecular weight excluding hydrogens is 206 g/mol. The van der Waals surface area contributed by atoms with Crippen molar-refractivity contribution in [3.05, 3.63) is 36.7 Å². The van der Waals surface area contributed by atoms with Crippen LogP contribution in [-0.4, -0.2) is 21.8 Å². The number of aromatic nitrogens is 2. The first-order chi connectivity index (χ1) is 7.81. The molecule has 0 aliphatic heterocycles. The molecule has 1 heterocycles. The summed E-state index contributed by atoms with van der Waals surface area (Å²) >= 11 is 0. The molecular formula is C11H11N3O2. The first-order valence-electron chi connectivity index (χ1n) is 4.74. The van der Waals surface area contributed by atoms with Crippen LogP contribution in [0.5, 0.6) is 11.5 Å². The molecule has 0 amide bonds. The van der Waals surface area contributed by atoms with E-state index in [1.807, 2.05) is 6.07 Å². The number of hydrogen-bond acceptors (Lipinski definition) is 5. The van der Waals surface area contributed by atoms with Gasteiger partial charge in [-0.2, -0.15) is 0 Å². The zero-order valence-corrected chi connectivity index (χ0v) is 8.50. The minimum Gasteiger partial charge on any atom is -0.507 e. The van der Waals surface area contributed by atoms with Gasteiger partial charge in [-0.25, -0.2) is 9.97 Å². The maximum atomic E-state index is 9.61. The predicted octanol–water partition coefficient (Wildman–Crippen LogP) is 1.14. The van der Waals surface area contributed by atoms with E-state index in [2.05, 4.69) is 9.97 Å². The number of aromatic hydroxyl groups is 1. The van der Waals surface area contributed by atoms with Crippen LogP contribution in [0.25, 0.3) is 11.4 Å². The van der Waals surface area contributed by atoms with Gasteiger partial charge in [0.25, 0.3) is 0 Å². The van der Waals surface area contributed by atoms with E-state index in [-0.39, 0.29) is 12.5 Å². The smallest absolute Gasteiger partial charge is 0.163 e. The van der Waals surface area contributed by atoms with Gasteiger partial charge in [0.05, 0.1) is 18.0 Å². The fraction of sp³-hybridized carbons (Fsp3) is 0.0909. The highest BCUT2D eigenvalue weighted by molar-refractivity contribution is 5.63. The van der Waals surface area contributed by atoms with Gasteiger partial charge in [-0.1, -0.05) is 12.1 Å². The first kappa shape index (κ1) is 10.4. The Bertz CT molecular complexity index is 471. The van der Waals surface area contributed by atoms with Crippen molar-refractivity contribution in [2.45, 2.75) is 0 Å². The number of nitrogens with zero attached hydrogens (tertiary/aromatic N) is 2. The lowest BCUT2D eigenvalue weighted by Gasteiger charge is -2.04.